The number of amidine groups is 1. The van der Waals surface area contributed by atoms with Crippen molar-refractivity contribution in [1.82, 2.24) is 15.1 Å². The van der Waals surface area contributed by atoms with Crippen molar-refractivity contribution in [3.63, 3.8) is 0 Å². The van der Waals surface area contributed by atoms with Crippen molar-refractivity contribution in [3.05, 3.63) is 65.7 Å². The third kappa shape index (κ3) is 4.24. The van der Waals surface area contributed by atoms with Gasteiger partial charge in [0.15, 0.2) is 5.84 Å². The Hall–Kier alpha value is -2.71. The lowest BCUT2D eigenvalue weighted by Crippen LogP contribution is -2.42. The van der Waals surface area contributed by atoms with Crippen molar-refractivity contribution < 1.29 is 13.2 Å². The molecule has 2 heterocycles. The molecule has 2 aromatic carbocycles. The van der Waals surface area contributed by atoms with E-state index in [1.165, 1.54) is 24.5 Å². The minimum absolute atomic E-state index is 0.0319. The molecular formula is C22H26N4O3S. The van der Waals surface area contributed by atoms with Crippen molar-refractivity contribution in [2.75, 3.05) is 33.2 Å². The average molecular weight is 427 g/mol. The summed E-state index contributed by atoms with van der Waals surface area (Å²) in [6.45, 7) is 2.60. The van der Waals surface area contributed by atoms with E-state index in [0.717, 1.165) is 13.1 Å². The van der Waals surface area contributed by atoms with Crippen LogP contribution in [0.3, 0.4) is 0 Å². The SMILES string of the molecule is CN(CC(=O)NCC(c1ccccc1)N1CCCC1)C1=NS(=O)(=O)c2ccccc21. The molecule has 2 aliphatic heterocycles. The van der Waals surface area contributed by atoms with Gasteiger partial charge in [-0.15, -0.1) is 4.40 Å². The highest BCUT2D eigenvalue weighted by Crippen LogP contribution is 2.27. The second-order valence-electron chi connectivity index (χ2n) is 7.72. The van der Waals surface area contributed by atoms with Gasteiger partial charge in [-0.2, -0.15) is 8.42 Å². The van der Waals surface area contributed by atoms with Gasteiger partial charge in [-0.25, -0.2) is 0 Å². The normalized spacial score (nSPS) is 18.5. The first-order valence-corrected chi connectivity index (χ1v) is 11.6. The van der Waals surface area contributed by atoms with E-state index >= 15 is 0 Å². The fraction of sp³-hybridized carbons (Fsp3) is 0.364. The summed E-state index contributed by atoms with van der Waals surface area (Å²) < 4.78 is 28.4. The van der Waals surface area contributed by atoms with Crippen LogP contribution in [0.5, 0.6) is 0 Å². The zero-order valence-electron chi connectivity index (χ0n) is 17.0. The number of rotatable bonds is 6. The summed E-state index contributed by atoms with van der Waals surface area (Å²) in [7, 11) is -2.01. The molecule has 2 aromatic rings. The molecule has 158 valence electrons. The summed E-state index contributed by atoms with van der Waals surface area (Å²) in [5.74, 6) is 0.141. The number of carbonyl (C=O) groups is 1. The van der Waals surface area contributed by atoms with Gasteiger partial charge in [-0.3, -0.25) is 9.69 Å². The Balaban J connectivity index is 1.42. The first kappa shape index (κ1) is 20.6. The third-order valence-electron chi connectivity index (χ3n) is 5.61. The minimum atomic E-state index is -3.70. The van der Waals surface area contributed by atoms with Gasteiger partial charge in [0.2, 0.25) is 5.91 Å². The van der Waals surface area contributed by atoms with E-state index in [-0.39, 0.29) is 23.4 Å². The van der Waals surface area contributed by atoms with Gasteiger partial charge in [0.25, 0.3) is 10.0 Å². The summed E-state index contributed by atoms with van der Waals surface area (Å²) in [4.78, 5) is 16.8. The Kier molecular flexibility index (Phi) is 5.87. The van der Waals surface area contributed by atoms with E-state index in [1.54, 1.807) is 30.1 Å². The number of likely N-dealkylation sites (N-methyl/N-ethyl adjacent to an activating group) is 1. The standard InChI is InChI=1S/C22H26N4O3S/c1-25(22-18-11-5-6-12-20(18)30(28,29)24-22)16-21(27)23-15-19(26-13-7-8-14-26)17-9-3-2-4-10-17/h2-6,9-12,19H,7-8,13-16H2,1H3,(H,23,27). The summed E-state index contributed by atoms with van der Waals surface area (Å²) in [5.41, 5.74) is 1.72. The number of amides is 1. The molecule has 1 amide bonds. The van der Waals surface area contributed by atoms with Crippen LogP contribution in [-0.4, -0.2) is 63.2 Å². The molecule has 1 N–H and O–H groups in total. The van der Waals surface area contributed by atoms with Gasteiger partial charge in [-0.1, -0.05) is 42.5 Å². The summed E-state index contributed by atoms with van der Waals surface area (Å²) >= 11 is 0. The van der Waals surface area contributed by atoms with Crippen LogP contribution in [0.15, 0.2) is 63.9 Å². The smallest absolute Gasteiger partial charge is 0.285 e. The lowest BCUT2D eigenvalue weighted by molar-refractivity contribution is -0.121. The molecule has 2 aliphatic rings. The van der Waals surface area contributed by atoms with Crippen LogP contribution in [0.1, 0.15) is 30.0 Å². The molecule has 30 heavy (non-hydrogen) atoms. The van der Waals surface area contributed by atoms with Crippen molar-refractivity contribution >= 4 is 21.8 Å². The summed E-state index contributed by atoms with van der Waals surface area (Å²) in [6.07, 6.45) is 2.35. The maximum Gasteiger partial charge on any atom is 0.285 e. The van der Waals surface area contributed by atoms with Crippen LogP contribution >= 0.6 is 0 Å². The van der Waals surface area contributed by atoms with Crippen LogP contribution in [-0.2, 0) is 14.8 Å². The van der Waals surface area contributed by atoms with Gasteiger partial charge in [0, 0.05) is 19.2 Å². The quantitative estimate of drug-likeness (QED) is 0.764. The van der Waals surface area contributed by atoms with Crippen molar-refractivity contribution in [3.8, 4) is 0 Å². The van der Waals surface area contributed by atoms with E-state index in [4.69, 9.17) is 0 Å². The first-order valence-electron chi connectivity index (χ1n) is 10.2. The molecule has 0 aromatic heterocycles. The number of nitrogens with zero attached hydrogens (tertiary/aromatic N) is 3. The fourth-order valence-electron chi connectivity index (χ4n) is 4.11. The maximum atomic E-state index is 12.7. The van der Waals surface area contributed by atoms with Crippen molar-refractivity contribution in [2.24, 2.45) is 4.40 Å². The maximum absolute atomic E-state index is 12.7. The number of carbonyl (C=O) groups excluding carboxylic acids is 1. The van der Waals surface area contributed by atoms with Gasteiger partial charge in [0.05, 0.1) is 12.6 Å². The second kappa shape index (κ2) is 8.57. The van der Waals surface area contributed by atoms with E-state index in [2.05, 4.69) is 26.7 Å². The Labute approximate surface area is 177 Å². The number of hydrogen-bond acceptors (Lipinski definition) is 5. The number of nitrogens with one attached hydrogen (secondary N) is 1. The highest BCUT2D eigenvalue weighted by atomic mass is 32.2. The van der Waals surface area contributed by atoms with E-state index in [9.17, 15) is 13.2 Å². The monoisotopic (exact) mass is 426 g/mol. The Morgan fingerprint density at radius 2 is 1.77 bits per heavy atom. The Morgan fingerprint density at radius 1 is 1.10 bits per heavy atom. The number of sulfonamides is 1. The summed E-state index contributed by atoms with van der Waals surface area (Å²) in [6, 6.07) is 17.0. The Bertz CT molecular complexity index is 1050. The fourth-order valence-corrected chi connectivity index (χ4v) is 5.36. The third-order valence-corrected chi connectivity index (χ3v) is 6.94. The van der Waals surface area contributed by atoms with Gasteiger partial charge in [-0.05, 0) is 43.6 Å². The second-order valence-corrected chi connectivity index (χ2v) is 9.29. The molecule has 1 unspecified atom stereocenters. The highest BCUT2D eigenvalue weighted by molar-refractivity contribution is 7.90. The predicted molar refractivity (Wildman–Crippen MR) is 116 cm³/mol. The zero-order chi connectivity index (χ0) is 21.1. The number of likely N-dealkylation sites (tertiary alicyclic amines) is 1. The van der Waals surface area contributed by atoms with Crippen LogP contribution in [0.2, 0.25) is 0 Å². The molecule has 4 rings (SSSR count). The van der Waals surface area contributed by atoms with E-state index in [1.807, 2.05) is 18.2 Å². The average Bonchev–Trinajstić information content (AvgIpc) is 3.36. The minimum Gasteiger partial charge on any atom is -0.353 e. The molecule has 7 nitrogen and oxygen atoms in total. The van der Waals surface area contributed by atoms with Crippen LogP contribution < -0.4 is 5.32 Å². The molecule has 0 spiro atoms. The molecule has 8 heteroatoms. The van der Waals surface area contributed by atoms with Crippen LogP contribution in [0.4, 0.5) is 0 Å². The molecule has 1 fully saturated rings. The largest absolute Gasteiger partial charge is 0.353 e. The molecule has 0 aliphatic carbocycles. The zero-order valence-corrected chi connectivity index (χ0v) is 17.8. The first-order chi connectivity index (χ1) is 14.5. The van der Waals surface area contributed by atoms with E-state index < -0.39 is 10.0 Å². The molecule has 0 bridgehead atoms. The van der Waals surface area contributed by atoms with Crippen LogP contribution in [0.25, 0.3) is 0 Å². The topological polar surface area (TPSA) is 82.1 Å². The van der Waals surface area contributed by atoms with Gasteiger partial charge in [0.1, 0.15) is 4.90 Å². The van der Waals surface area contributed by atoms with E-state index in [0.29, 0.717) is 17.9 Å². The number of hydrogen-bond donors (Lipinski definition) is 1. The van der Waals surface area contributed by atoms with Gasteiger partial charge >= 0.3 is 0 Å². The summed E-state index contributed by atoms with van der Waals surface area (Å²) in [5, 5.41) is 3.03. The molecule has 0 radical (unpaired) electrons. The molecule has 1 atom stereocenters. The predicted octanol–water partition coefficient (Wildman–Crippen LogP) is 2.02. The van der Waals surface area contributed by atoms with Crippen molar-refractivity contribution in [1.29, 1.82) is 0 Å². The highest BCUT2D eigenvalue weighted by Gasteiger charge is 2.31. The lowest BCUT2D eigenvalue weighted by Gasteiger charge is -2.28. The van der Waals surface area contributed by atoms with Crippen LogP contribution in [0, 0.1) is 0 Å². The van der Waals surface area contributed by atoms with Crippen molar-refractivity contribution in [2.45, 2.75) is 23.8 Å². The molecule has 0 saturated carbocycles. The number of benzene rings is 2. The Morgan fingerprint density at radius 3 is 2.50 bits per heavy atom. The number of fused-ring (bicyclic) bond motifs is 1. The van der Waals surface area contributed by atoms with Gasteiger partial charge < -0.3 is 10.2 Å². The molecule has 1 saturated heterocycles. The molecular weight excluding hydrogens is 400 g/mol. The lowest BCUT2D eigenvalue weighted by atomic mass is 10.1.